The van der Waals surface area contributed by atoms with Crippen molar-refractivity contribution in [2.75, 3.05) is 33.2 Å². The highest BCUT2D eigenvalue weighted by Gasteiger charge is 2.14. The Bertz CT molecular complexity index is 178. The van der Waals surface area contributed by atoms with Gasteiger partial charge in [0.2, 0.25) is 0 Å². The van der Waals surface area contributed by atoms with Crippen molar-refractivity contribution in [3.63, 3.8) is 0 Å². The van der Waals surface area contributed by atoms with Gasteiger partial charge in [-0.2, -0.15) is 0 Å². The monoisotopic (exact) mass is 199 g/mol. The number of piperidine rings is 1. The van der Waals surface area contributed by atoms with E-state index in [4.69, 9.17) is 0 Å². The maximum Gasteiger partial charge on any atom is 0.317 e. The van der Waals surface area contributed by atoms with Crippen LogP contribution >= 0.6 is 0 Å². The number of nitrogens with zero attached hydrogens (tertiary/aromatic N) is 1. The number of hydrogen-bond acceptors (Lipinski definition) is 2. The average molecular weight is 199 g/mol. The van der Waals surface area contributed by atoms with E-state index in [1.165, 1.54) is 12.8 Å². The van der Waals surface area contributed by atoms with Crippen LogP contribution in [0, 0.1) is 5.92 Å². The molecule has 4 heteroatoms. The molecule has 0 aromatic carbocycles. The molecule has 0 spiro atoms. The molecule has 2 amide bonds. The lowest BCUT2D eigenvalue weighted by Gasteiger charge is -2.24. The zero-order valence-corrected chi connectivity index (χ0v) is 9.18. The SMILES string of the molecule is CCN(C)C(=O)NCC1CCCNC1. The van der Waals surface area contributed by atoms with Crippen LogP contribution < -0.4 is 10.6 Å². The van der Waals surface area contributed by atoms with Crippen LogP contribution in [-0.2, 0) is 0 Å². The van der Waals surface area contributed by atoms with Gasteiger partial charge >= 0.3 is 6.03 Å². The summed E-state index contributed by atoms with van der Waals surface area (Å²) < 4.78 is 0. The molecule has 1 heterocycles. The van der Waals surface area contributed by atoms with Crippen molar-refractivity contribution in [2.24, 2.45) is 5.92 Å². The second-order valence-electron chi connectivity index (χ2n) is 3.91. The van der Waals surface area contributed by atoms with E-state index < -0.39 is 0 Å². The first kappa shape index (κ1) is 11.3. The Morgan fingerprint density at radius 1 is 1.64 bits per heavy atom. The molecule has 0 saturated carbocycles. The third-order valence-corrected chi connectivity index (χ3v) is 2.76. The molecular weight excluding hydrogens is 178 g/mol. The van der Waals surface area contributed by atoms with Crippen LogP contribution in [0.5, 0.6) is 0 Å². The summed E-state index contributed by atoms with van der Waals surface area (Å²) in [4.78, 5) is 13.1. The smallest absolute Gasteiger partial charge is 0.317 e. The summed E-state index contributed by atoms with van der Waals surface area (Å²) in [6, 6.07) is 0.0399. The minimum absolute atomic E-state index is 0.0399. The molecule has 1 aliphatic rings. The third-order valence-electron chi connectivity index (χ3n) is 2.76. The van der Waals surface area contributed by atoms with Gasteiger partial charge in [-0.25, -0.2) is 4.79 Å². The summed E-state index contributed by atoms with van der Waals surface area (Å²) >= 11 is 0. The molecule has 82 valence electrons. The van der Waals surface area contributed by atoms with Gasteiger partial charge in [-0.15, -0.1) is 0 Å². The number of amides is 2. The minimum Gasteiger partial charge on any atom is -0.338 e. The lowest BCUT2D eigenvalue weighted by atomic mass is 10.00. The van der Waals surface area contributed by atoms with Crippen LogP contribution in [0.4, 0.5) is 4.79 Å². The molecule has 14 heavy (non-hydrogen) atoms. The normalized spacial score (nSPS) is 21.7. The van der Waals surface area contributed by atoms with Gasteiger partial charge < -0.3 is 15.5 Å². The van der Waals surface area contributed by atoms with Gasteiger partial charge in [0.25, 0.3) is 0 Å². The number of carbonyl (C=O) groups excluding carboxylic acids is 1. The van der Waals surface area contributed by atoms with Crippen molar-refractivity contribution in [1.82, 2.24) is 15.5 Å². The van der Waals surface area contributed by atoms with Gasteiger partial charge in [0.1, 0.15) is 0 Å². The lowest BCUT2D eigenvalue weighted by Crippen LogP contribution is -2.42. The molecule has 1 aliphatic heterocycles. The van der Waals surface area contributed by atoms with Gasteiger partial charge in [0.05, 0.1) is 0 Å². The molecule has 4 nitrogen and oxygen atoms in total. The minimum atomic E-state index is 0.0399. The van der Waals surface area contributed by atoms with Crippen molar-refractivity contribution in [3.05, 3.63) is 0 Å². The Balaban J connectivity index is 2.15. The van der Waals surface area contributed by atoms with E-state index in [9.17, 15) is 4.79 Å². The summed E-state index contributed by atoms with van der Waals surface area (Å²) in [6.45, 7) is 5.70. The van der Waals surface area contributed by atoms with E-state index in [0.717, 1.165) is 26.2 Å². The molecule has 1 fully saturated rings. The fourth-order valence-electron chi connectivity index (χ4n) is 1.61. The molecule has 1 atom stereocenters. The van der Waals surface area contributed by atoms with Crippen LogP contribution in [0.3, 0.4) is 0 Å². The van der Waals surface area contributed by atoms with E-state index in [1.54, 1.807) is 4.90 Å². The summed E-state index contributed by atoms with van der Waals surface area (Å²) in [5, 5.41) is 6.29. The molecule has 0 radical (unpaired) electrons. The van der Waals surface area contributed by atoms with E-state index in [0.29, 0.717) is 5.92 Å². The van der Waals surface area contributed by atoms with Crippen LogP contribution in [-0.4, -0.2) is 44.2 Å². The van der Waals surface area contributed by atoms with Crippen LogP contribution in [0.1, 0.15) is 19.8 Å². The Kier molecular flexibility index (Phi) is 4.73. The molecule has 1 saturated heterocycles. The molecule has 0 aliphatic carbocycles. The summed E-state index contributed by atoms with van der Waals surface area (Å²) in [7, 11) is 1.81. The zero-order chi connectivity index (χ0) is 10.4. The fourth-order valence-corrected chi connectivity index (χ4v) is 1.61. The summed E-state index contributed by atoms with van der Waals surface area (Å²) in [5.74, 6) is 0.609. The van der Waals surface area contributed by atoms with E-state index in [2.05, 4.69) is 10.6 Å². The zero-order valence-electron chi connectivity index (χ0n) is 9.18. The van der Waals surface area contributed by atoms with Crippen molar-refractivity contribution in [2.45, 2.75) is 19.8 Å². The molecule has 0 aromatic heterocycles. The van der Waals surface area contributed by atoms with Crippen LogP contribution in [0.2, 0.25) is 0 Å². The molecular formula is C10H21N3O. The Hall–Kier alpha value is -0.770. The predicted molar refractivity (Wildman–Crippen MR) is 57.3 cm³/mol. The Labute approximate surface area is 86.0 Å². The first-order valence-electron chi connectivity index (χ1n) is 5.43. The van der Waals surface area contributed by atoms with Gasteiger partial charge in [0, 0.05) is 20.1 Å². The number of hydrogen-bond donors (Lipinski definition) is 2. The highest BCUT2D eigenvalue weighted by molar-refractivity contribution is 5.73. The number of urea groups is 1. The first-order valence-corrected chi connectivity index (χ1v) is 5.43. The predicted octanol–water partition coefficient (Wildman–Crippen LogP) is 0.647. The average Bonchev–Trinajstić information content (AvgIpc) is 2.26. The van der Waals surface area contributed by atoms with Crippen LogP contribution in [0.15, 0.2) is 0 Å². The first-order chi connectivity index (χ1) is 6.74. The second kappa shape index (κ2) is 5.86. The summed E-state index contributed by atoms with van der Waals surface area (Å²) in [6.07, 6.45) is 2.45. The molecule has 1 unspecified atom stereocenters. The van der Waals surface area contributed by atoms with Crippen molar-refractivity contribution >= 4 is 6.03 Å². The van der Waals surface area contributed by atoms with Crippen LogP contribution in [0.25, 0.3) is 0 Å². The molecule has 0 bridgehead atoms. The Morgan fingerprint density at radius 2 is 2.43 bits per heavy atom. The maximum absolute atomic E-state index is 11.4. The molecule has 2 N–H and O–H groups in total. The Morgan fingerprint density at radius 3 is 3.00 bits per heavy atom. The number of carbonyl (C=O) groups is 1. The van der Waals surface area contributed by atoms with Crippen molar-refractivity contribution in [1.29, 1.82) is 0 Å². The third kappa shape index (κ3) is 3.54. The molecule has 0 aromatic rings. The van der Waals surface area contributed by atoms with Gasteiger partial charge in [-0.05, 0) is 38.8 Å². The fraction of sp³-hybridized carbons (Fsp3) is 0.900. The van der Waals surface area contributed by atoms with Gasteiger partial charge in [-0.3, -0.25) is 0 Å². The lowest BCUT2D eigenvalue weighted by molar-refractivity contribution is 0.207. The standard InChI is InChI=1S/C10H21N3O/c1-3-13(2)10(14)12-8-9-5-4-6-11-7-9/h9,11H,3-8H2,1-2H3,(H,12,14). The number of nitrogens with one attached hydrogen (secondary N) is 2. The van der Waals surface area contributed by atoms with Crippen molar-refractivity contribution in [3.8, 4) is 0 Å². The topological polar surface area (TPSA) is 44.4 Å². The highest BCUT2D eigenvalue weighted by Crippen LogP contribution is 2.08. The maximum atomic E-state index is 11.4. The van der Waals surface area contributed by atoms with E-state index >= 15 is 0 Å². The van der Waals surface area contributed by atoms with E-state index in [-0.39, 0.29) is 6.03 Å². The number of rotatable bonds is 3. The largest absolute Gasteiger partial charge is 0.338 e. The highest BCUT2D eigenvalue weighted by atomic mass is 16.2. The van der Waals surface area contributed by atoms with E-state index in [1.807, 2.05) is 14.0 Å². The second-order valence-corrected chi connectivity index (χ2v) is 3.91. The van der Waals surface area contributed by atoms with Gasteiger partial charge in [-0.1, -0.05) is 0 Å². The van der Waals surface area contributed by atoms with Gasteiger partial charge in [0.15, 0.2) is 0 Å². The quantitative estimate of drug-likeness (QED) is 0.701. The summed E-state index contributed by atoms with van der Waals surface area (Å²) in [5.41, 5.74) is 0. The van der Waals surface area contributed by atoms with Crippen molar-refractivity contribution < 1.29 is 4.79 Å². The molecule has 1 rings (SSSR count).